The maximum absolute atomic E-state index is 12.2. The first-order valence-corrected chi connectivity index (χ1v) is 9.46. The van der Waals surface area contributed by atoms with Crippen molar-refractivity contribution in [1.29, 1.82) is 5.26 Å². The fraction of sp³-hybridized carbons (Fsp3) is 0.217. The van der Waals surface area contributed by atoms with E-state index in [1.807, 2.05) is 42.5 Å². The van der Waals surface area contributed by atoms with Gasteiger partial charge in [0, 0.05) is 23.2 Å². The van der Waals surface area contributed by atoms with Crippen LogP contribution in [-0.4, -0.2) is 23.5 Å². The Morgan fingerprint density at radius 1 is 1.13 bits per heavy atom. The van der Waals surface area contributed by atoms with Crippen molar-refractivity contribution in [1.82, 2.24) is 4.98 Å². The summed E-state index contributed by atoms with van der Waals surface area (Å²) in [4.78, 5) is 38.7. The van der Waals surface area contributed by atoms with Crippen LogP contribution < -0.4 is 10.9 Å². The number of H-pyrrole nitrogens is 1. The number of nitrogens with zero attached hydrogens (tertiary/aromatic N) is 1. The van der Waals surface area contributed by atoms with Crippen LogP contribution in [0.3, 0.4) is 0 Å². The summed E-state index contributed by atoms with van der Waals surface area (Å²) in [5.74, 6) is -0.963. The number of rotatable bonds is 6. The van der Waals surface area contributed by atoms with E-state index in [2.05, 4.69) is 10.3 Å². The first kappa shape index (κ1) is 20.8. The lowest BCUT2D eigenvalue weighted by molar-refractivity contribution is -0.147. The molecule has 2 N–H and O–H groups in total. The Balaban J connectivity index is 1.57. The number of ether oxygens (including phenoxy) is 1. The quantitative estimate of drug-likeness (QED) is 0.614. The Morgan fingerprint density at radius 3 is 2.63 bits per heavy atom. The topological polar surface area (TPSA) is 112 Å². The monoisotopic (exact) mass is 403 g/mol. The number of hydrogen-bond donors (Lipinski definition) is 2. The Labute approximate surface area is 173 Å². The molecule has 3 rings (SSSR count). The van der Waals surface area contributed by atoms with Crippen LogP contribution in [0.5, 0.6) is 0 Å². The third kappa shape index (κ3) is 4.55. The molecule has 0 aliphatic rings. The molecule has 7 nitrogen and oxygen atoms in total. The number of aromatic nitrogens is 1. The minimum Gasteiger partial charge on any atom is -0.456 e. The van der Waals surface area contributed by atoms with Crippen molar-refractivity contribution in [2.24, 2.45) is 0 Å². The second-order valence-electron chi connectivity index (χ2n) is 6.91. The predicted molar refractivity (Wildman–Crippen MR) is 113 cm³/mol. The van der Waals surface area contributed by atoms with Crippen LogP contribution in [0.15, 0.2) is 47.3 Å². The first-order chi connectivity index (χ1) is 14.4. The first-order valence-electron chi connectivity index (χ1n) is 9.46. The average Bonchev–Trinajstić information content (AvgIpc) is 2.72. The van der Waals surface area contributed by atoms with Crippen molar-refractivity contribution in [3.8, 4) is 6.07 Å². The Morgan fingerprint density at radius 2 is 1.87 bits per heavy atom. The van der Waals surface area contributed by atoms with Crippen LogP contribution in [0.4, 0.5) is 5.69 Å². The molecule has 0 unspecified atom stereocenters. The largest absolute Gasteiger partial charge is 0.456 e. The molecule has 1 heterocycles. The molecule has 0 aliphatic carbocycles. The summed E-state index contributed by atoms with van der Waals surface area (Å²) in [6.45, 7) is 3.00. The number of carbonyl (C=O) groups excluding carboxylic acids is 2. The summed E-state index contributed by atoms with van der Waals surface area (Å²) in [6, 6.07) is 15.1. The number of pyridine rings is 1. The molecular weight excluding hydrogens is 382 g/mol. The number of hydrogen-bond acceptors (Lipinski definition) is 5. The highest BCUT2D eigenvalue weighted by Gasteiger charge is 2.15. The molecule has 2 aromatic carbocycles. The van der Waals surface area contributed by atoms with E-state index in [0.29, 0.717) is 23.4 Å². The van der Waals surface area contributed by atoms with Gasteiger partial charge in [-0.1, -0.05) is 36.4 Å². The summed E-state index contributed by atoms with van der Waals surface area (Å²) < 4.78 is 5.08. The van der Waals surface area contributed by atoms with E-state index >= 15 is 0 Å². The van der Waals surface area contributed by atoms with Gasteiger partial charge in [-0.15, -0.1) is 0 Å². The summed E-state index contributed by atoms with van der Waals surface area (Å²) >= 11 is 0. The Hall–Kier alpha value is -3.92. The van der Waals surface area contributed by atoms with Gasteiger partial charge in [-0.05, 0) is 42.8 Å². The number of anilines is 1. The van der Waals surface area contributed by atoms with Gasteiger partial charge in [0.25, 0.3) is 11.5 Å². The number of esters is 1. The van der Waals surface area contributed by atoms with Gasteiger partial charge in [0.1, 0.15) is 11.6 Å². The smallest absolute Gasteiger partial charge is 0.306 e. The van der Waals surface area contributed by atoms with Gasteiger partial charge < -0.3 is 15.0 Å². The van der Waals surface area contributed by atoms with Crippen molar-refractivity contribution in [3.63, 3.8) is 0 Å². The van der Waals surface area contributed by atoms with E-state index in [9.17, 15) is 14.4 Å². The molecular formula is C23H21N3O4. The third-order valence-electron chi connectivity index (χ3n) is 4.93. The van der Waals surface area contributed by atoms with Crippen LogP contribution in [0.2, 0.25) is 0 Å². The van der Waals surface area contributed by atoms with E-state index in [0.717, 1.165) is 16.3 Å². The Bertz CT molecular complexity index is 1220. The van der Waals surface area contributed by atoms with E-state index < -0.39 is 24.0 Å². The average molecular weight is 403 g/mol. The molecule has 0 spiro atoms. The SMILES string of the molecule is Cc1[nH]c(=O)c(C#N)c(C)c1CCC(=O)OCC(=O)Nc1cccc2ccccc12. The zero-order valence-corrected chi connectivity index (χ0v) is 16.7. The number of nitriles is 1. The van der Waals surface area contributed by atoms with E-state index in [1.54, 1.807) is 19.9 Å². The van der Waals surface area contributed by atoms with Gasteiger partial charge in [0.2, 0.25) is 0 Å². The minimum absolute atomic E-state index is 0.0279. The molecule has 30 heavy (non-hydrogen) atoms. The maximum atomic E-state index is 12.2. The van der Waals surface area contributed by atoms with Gasteiger partial charge in [-0.3, -0.25) is 14.4 Å². The van der Waals surface area contributed by atoms with Crippen molar-refractivity contribution in [3.05, 3.63) is 75.2 Å². The molecule has 0 bridgehead atoms. The van der Waals surface area contributed by atoms with Crippen molar-refractivity contribution < 1.29 is 14.3 Å². The van der Waals surface area contributed by atoms with E-state index in [-0.39, 0.29) is 12.0 Å². The molecule has 0 fully saturated rings. The summed E-state index contributed by atoms with van der Waals surface area (Å²) in [5, 5.41) is 13.8. The lowest BCUT2D eigenvalue weighted by Gasteiger charge is -2.11. The number of aromatic amines is 1. The van der Waals surface area contributed by atoms with Gasteiger partial charge in [-0.25, -0.2) is 0 Å². The zero-order chi connectivity index (χ0) is 21.7. The van der Waals surface area contributed by atoms with Gasteiger partial charge in [-0.2, -0.15) is 5.26 Å². The highest BCUT2D eigenvalue weighted by Crippen LogP contribution is 2.22. The predicted octanol–water partition coefficient (Wildman–Crippen LogP) is 3.13. The zero-order valence-electron chi connectivity index (χ0n) is 16.7. The van der Waals surface area contributed by atoms with E-state index in [1.165, 1.54) is 0 Å². The minimum atomic E-state index is -0.536. The van der Waals surface area contributed by atoms with Crippen LogP contribution in [0.25, 0.3) is 10.8 Å². The fourth-order valence-electron chi connectivity index (χ4n) is 3.39. The molecule has 0 saturated heterocycles. The van der Waals surface area contributed by atoms with Crippen molar-refractivity contribution in [2.45, 2.75) is 26.7 Å². The molecule has 152 valence electrons. The van der Waals surface area contributed by atoms with Gasteiger partial charge in [0.05, 0.1) is 0 Å². The lowest BCUT2D eigenvalue weighted by atomic mass is 9.99. The summed E-state index contributed by atoms with van der Waals surface area (Å²) in [6.07, 6.45) is 0.326. The molecule has 0 saturated carbocycles. The van der Waals surface area contributed by atoms with E-state index in [4.69, 9.17) is 10.00 Å². The number of aryl methyl sites for hydroxylation is 1. The number of fused-ring (bicyclic) bond motifs is 1. The van der Waals surface area contributed by atoms with Crippen LogP contribution >= 0.6 is 0 Å². The lowest BCUT2D eigenvalue weighted by Crippen LogP contribution is -2.21. The molecule has 1 aromatic heterocycles. The maximum Gasteiger partial charge on any atom is 0.306 e. The highest BCUT2D eigenvalue weighted by atomic mass is 16.5. The number of amides is 1. The normalized spacial score (nSPS) is 10.4. The Kier molecular flexibility index (Phi) is 6.28. The molecule has 7 heteroatoms. The summed E-state index contributed by atoms with van der Waals surface area (Å²) in [5.41, 5.74) is 2.14. The van der Waals surface area contributed by atoms with Crippen LogP contribution in [0, 0.1) is 25.2 Å². The highest BCUT2D eigenvalue weighted by molar-refractivity contribution is 6.02. The number of carbonyl (C=O) groups is 2. The van der Waals surface area contributed by atoms with Gasteiger partial charge >= 0.3 is 5.97 Å². The van der Waals surface area contributed by atoms with Crippen molar-refractivity contribution >= 4 is 28.3 Å². The van der Waals surface area contributed by atoms with Crippen LogP contribution in [0.1, 0.15) is 28.8 Å². The molecule has 1 amide bonds. The number of benzene rings is 2. The molecule has 0 atom stereocenters. The van der Waals surface area contributed by atoms with Crippen LogP contribution in [-0.2, 0) is 20.7 Å². The molecule has 0 radical (unpaired) electrons. The fourth-order valence-corrected chi connectivity index (χ4v) is 3.39. The summed E-state index contributed by atoms with van der Waals surface area (Å²) in [7, 11) is 0. The third-order valence-corrected chi connectivity index (χ3v) is 4.93. The van der Waals surface area contributed by atoms with Crippen molar-refractivity contribution in [2.75, 3.05) is 11.9 Å². The number of nitrogens with one attached hydrogen (secondary N) is 2. The molecule has 3 aromatic rings. The standard InChI is InChI=1S/C23H21N3O4/c1-14-17(15(2)25-23(29)19(14)12-24)10-11-22(28)30-13-21(27)26-20-9-5-7-16-6-3-4-8-18(16)20/h3-9H,10-11,13H2,1-2H3,(H,25,29)(H,26,27). The second kappa shape index (κ2) is 9.05. The second-order valence-corrected chi connectivity index (χ2v) is 6.91. The van der Waals surface area contributed by atoms with Gasteiger partial charge in [0.15, 0.2) is 6.61 Å². The molecule has 0 aliphatic heterocycles.